The standard InChI is InChI=1S/C15H16N2O/c18-11-13(17-7-3-4-8-17)9-12-10-16-15-6-2-1-5-14(12)15/h1-8,10,13,16,18H,9,11H2. The Morgan fingerprint density at radius 3 is 2.67 bits per heavy atom. The highest BCUT2D eigenvalue weighted by Gasteiger charge is 2.12. The van der Waals surface area contributed by atoms with Crippen molar-refractivity contribution in [3.8, 4) is 0 Å². The van der Waals surface area contributed by atoms with Crippen LogP contribution in [-0.4, -0.2) is 21.3 Å². The van der Waals surface area contributed by atoms with Gasteiger partial charge in [-0.2, -0.15) is 0 Å². The fourth-order valence-corrected chi connectivity index (χ4v) is 2.41. The molecule has 2 aromatic heterocycles. The van der Waals surface area contributed by atoms with Gasteiger partial charge in [-0.3, -0.25) is 0 Å². The van der Waals surface area contributed by atoms with Crippen molar-refractivity contribution in [2.75, 3.05) is 6.61 Å². The Morgan fingerprint density at radius 2 is 1.89 bits per heavy atom. The van der Waals surface area contributed by atoms with Gasteiger partial charge in [0, 0.05) is 29.5 Å². The number of nitrogens with zero attached hydrogens (tertiary/aromatic N) is 1. The van der Waals surface area contributed by atoms with Crippen molar-refractivity contribution < 1.29 is 5.11 Å². The van der Waals surface area contributed by atoms with Crippen molar-refractivity contribution >= 4 is 10.9 Å². The van der Waals surface area contributed by atoms with E-state index in [4.69, 9.17) is 0 Å². The minimum atomic E-state index is 0.0965. The number of rotatable bonds is 4. The summed E-state index contributed by atoms with van der Waals surface area (Å²) in [5.41, 5.74) is 2.40. The van der Waals surface area contributed by atoms with Crippen molar-refractivity contribution in [3.63, 3.8) is 0 Å². The van der Waals surface area contributed by atoms with Gasteiger partial charge in [-0.1, -0.05) is 18.2 Å². The van der Waals surface area contributed by atoms with E-state index in [2.05, 4.69) is 21.7 Å². The van der Waals surface area contributed by atoms with E-state index in [0.29, 0.717) is 0 Å². The van der Waals surface area contributed by atoms with E-state index in [1.54, 1.807) is 0 Å². The highest BCUT2D eigenvalue weighted by atomic mass is 16.3. The molecule has 0 aliphatic heterocycles. The number of H-pyrrole nitrogens is 1. The van der Waals surface area contributed by atoms with Gasteiger partial charge in [0.05, 0.1) is 12.6 Å². The first kappa shape index (κ1) is 11.1. The molecule has 0 spiro atoms. The van der Waals surface area contributed by atoms with Gasteiger partial charge >= 0.3 is 0 Å². The molecule has 0 radical (unpaired) electrons. The van der Waals surface area contributed by atoms with Crippen molar-refractivity contribution in [1.82, 2.24) is 9.55 Å². The van der Waals surface area contributed by atoms with Crippen LogP contribution in [0.3, 0.4) is 0 Å². The van der Waals surface area contributed by atoms with Gasteiger partial charge in [0.1, 0.15) is 0 Å². The molecule has 3 heteroatoms. The van der Waals surface area contributed by atoms with Crippen LogP contribution < -0.4 is 0 Å². The number of aromatic amines is 1. The molecule has 0 aliphatic carbocycles. The van der Waals surface area contributed by atoms with E-state index in [-0.39, 0.29) is 12.6 Å². The molecule has 1 atom stereocenters. The van der Waals surface area contributed by atoms with Crippen LogP contribution in [0.25, 0.3) is 10.9 Å². The van der Waals surface area contributed by atoms with Crippen LogP contribution >= 0.6 is 0 Å². The molecule has 1 aromatic carbocycles. The molecule has 18 heavy (non-hydrogen) atoms. The smallest absolute Gasteiger partial charge is 0.0642 e. The lowest BCUT2D eigenvalue weighted by Crippen LogP contribution is -2.14. The molecule has 0 aliphatic rings. The van der Waals surface area contributed by atoms with Gasteiger partial charge in [0.2, 0.25) is 0 Å². The van der Waals surface area contributed by atoms with E-state index in [1.807, 2.05) is 42.9 Å². The van der Waals surface area contributed by atoms with Crippen LogP contribution in [0.1, 0.15) is 11.6 Å². The summed E-state index contributed by atoms with van der Waals surface area (Å²) >= 11 is 0. The zero-order chi connectivity index (χ0) is 12.4. The molecule has 0 fully saturated rings. The van der Waals surface area contributed by atoms with Crippen LogP contribution in [0.2, 0.25) is 0 Å². The SMILES string of the molecule is OCC(Cc1c[nH]c2ccccc12)n1cccc1. The maximum Gasteiger partial charge on any atom is 0.0642 e. The predicted octanol–water partition coefficient (Wildman–Crippen LogP) is 2.75. The topological polar surface area (TPSA) is 40.9 Å². The van der Waals surface area contributed by atoms with Crippen LogP contribution in [0.5, 0.6) is 0 Å². The molecule has 2 heterocycles. The highest BCUT2D eigenvalue weighted by Crippen LogP contribution is 2.22. The molecule has 3 aromatic rings. The lowest BCUT2D eigenvalue weighted by molar-refractivity contribution is 0.228. The second-order valence-corrected chi connectivity index (χ2v) is 4.53. The maximum absolute atomic E-state index is 9.54. The molecular formula is C15H16N2O. The number of hydrogen-bond donors (Lipinski definition) is 2. The summed E-state index contributed by atoms with van der Waals surface area (Å²) in [7, 11) is 0. The molecule has 0 saturated heterocycles. The van der Waals surface area contributed by atoms with E-state index in [1.165, 1.54) is 10.9 Å². The van der Waals surface area contributed by atoms with E-state index >= 15 is 0 Å². The maximum atomic E-state index is 9.54. The zero-order valence-electron chi connectivity index (χ0n) is 10.1. The fraction of sp³-hybridized carbons (Fsp3) is 0.200. The molecular weight excluding hydrogens is 224 g/mol. The Balaban J connectivity index is 1.91. The number of aromatic nitrogens is 2. The molecule has 1 unspecified atom stereocenters. The normalized spacial score (nSPS) is 12.9. The van der Waals surface area contributed by atoms with Gasteiger partial charge in [-0.25, -0.2) is 0 Å². The van der Waals surface area contributed by atoms with Gasteiger partial charge in [-0.05, 0) is 30.2 Å². The Labute approximate surface area is 106 Å². The third-order valence-electron chi connectivity index (χ3n) is 3.39. The molecule has 2 N–H and O–H groups in total. The number of aliphatic hydroxyl groups is 1. The van der Waals surface area contributed by atoms with E-state index in [0.717, 1.165) is 11.9 Å². The Kier molecular flexibility index (Phi) is 2.90. The second kappa shape index (κ2) is 4.70. The van der Waals surface area contributed by atoms with Crippen LogP contribution in [0, 0.1) is 0 Å². The molecule has 3 rings (SSSR count). The van der Waals surface area contributed by atoms with Gasteiger partial charge < -0.3 is 14.7 Å². The number of aliphatic hydroxyl groups excluding tert-OH is 1. The second-order valence-electron chi connectivity index (χ2n) is 4.53. The first-order valence-corrected chi connectivity index (χ1v) is 6.17. The van der Waals surface area contributed by atoms with Gasteiger partial charge in [-0.15, -0.1) is 0 Å². The molecule has 0 bridgehead atoms. The van der Waals surface area contributed by atoms with Crippen LogP contribution in [0.4, 0.5) is 0 Å². The van der Waals surface area contributed by atoms with Gasteiger partial charge in [0.25, 0.3) is 0 Å². The summed E-state index contributed by atoms with van der Waals surface area (Å²) < 4.78 is 2.06. The van der Waals surface area contributed by atoms with Crippen molar-refractivity contribution in [3.05, 3.63) is 60.6 Å². The quantitative estimate of drug-likeness (QED) is 0.723. The fourth-order valence-electron chi connectivity index (χ4n) is 2.41. The average Bonchev–Trinajstić information content (AvgIpc) is 3.06. The number of benzene rings is 1. The van der Waals surface area contributed by atoms with E-state index < -0.39 is 0 Å². The number of nitrogens with one attached hydrogen (secondary N) is 1. The molecule has 3 nitrogen and oxygen atoms in total. The molecule has 92 valence electrons. The number of para-hydroxylation sites is 1. The molecule has 0 amide bonds. The summed E-state index contributed by atoms with van der Waals surface area (Å²) in [4.78, 5) is 3.27. The van der Waals surface area contributed by atoms with Crippen LogP contribution in [-0.2, 0) is 6.42 Å². The first-order chi connectivity index (χ1) is 8.88. The molecule has 0 saturated carbocycles. The lowest BCUT2D eigenvalue weighted by atomic mass is 10.1. The summed E-state index contributed by atoms with van der Waals surface area (Å²) in [5, 5.41) is 10.8. The summed E-state index contributed by atoms with van der Waals surface area (Å²) in [6.45, 7) is 0.147. The number of fused-ring (bicyclic) bond motifs is 1. The lowest BCUT2D eigenvalue weighted by Gasteiger charge is -2.15. The summed E-state index contributed by atoms with van der Waals surface area (Å²) in [6, 6.07) is 12.3. The predicted molar refractivity (Wildman–Crippen MR) is 72.6 cm³/mol. The van der Waals surface area contributed by atoms with Crippen molar-refractivity contribution in [1.29, 1.82) is 0 Å². The summed E-state index contributed by atoms with van der Waals surface area (Å²) in [5.74, 6) is 0. The Bertz CT molecular complexity index is 625. The Morgan fingerprint density at radius 1 is 1.11 bits per heavy atom. The van der Waals surface area contributed by atoms with Crippen molar-refractivity contribution in [2.45, 2.75) is 12.5 Å². The third kappa shape index (κ3) is 1.93. The summed E-state index contributed by atoms with van der Waals surface area (Å²) in [6.07, 6.45) is 6.86. The number of hydrogen-bond acceptors (Lipinski definition) is 1. The minimum Gasteiger partial charge on any atom is -0.394 e. The Hall–Kier alpha value is -2.00. The average molecular weight is 240 g/mol. The monoisotopic (exact) mass is 240 g/mol. The first-order valence-electron chi connectivity index (χ1n) is 6.17. The third-order valence-corrected chi connectivity index (χ3v) is 3.39. The zero-order valence-corrected chi connectivity index (χ0v) is 10.1. The highest BCUT2D eigenvalue weighted by molar-refractivity contribution is 5.83. The van der Waals surface area contributed by atoms with Crippen molar-refractivity contribution in [2.24, 2.45) is 0 Å². The van der Waals surface area contributed by atoms with Crippen LogP contribution in [0.15, 0.2) is 55.0 Å². The van der Waals surface area contributed by atoms with Gasteiger partial charge in [0.15, 0.2) is 0 Å². The minimum absolute atomic E-state index is 0.0965. The largest absolute Gasteiger partial charge is 0.394 e. The van der Waals surface area contributed by atoms with E-state index in [9.17, 15) is 5.11 Å².